The van der Waals surface area contributed by atoms with Crippen molar-refractivity contribution in [2.24, 2.45) is 17.3 Å². The van der Waals surface area contributed by atoms with Crippen molar-refractivity contribution >= 4 is 11.5 Å². The molecule has 1 N–H and O–H groups in total. The number of likely N-dealkylation sites (N-methyl/N-ethyl adjacent to an activating group) is 1. The monoisotopic (exact) mass is 484 g/mol. The molecule has 7 heteroatoms. The van der Waals surface area contributed by atoms with Gasteiger partial charge in [0.15, 0.2) is 6.61 Å². The summed E-state index contributed by atoms with van der Waals surface area (Å²) in [5.74, 6) is 1.94. The van der Waals surface area contributed by atoms with E-state index in [0.29, 0.717) is 29.9 Å². The average Bonchev–Trinajstić information content (AvgIpc) is 3.19. The zero-order valence-electron chi connectivity index (χ0n) is 20.1. The number of hydrogen-bond acceptors (Lipinski definition) is 3. The first-order valence-electron chi connectivity index (χ1n) is 12.5. The summed E-state index contributed by atoms with van der Waals surface area (Å²) in [7, 11) is 0. The van der Waals surface area contributed by atoms with Crippen LogP contribution in [0, 0.1) is 17.3 Å². The van der Waals surface area contributed by atoms with Crippen molar-refractivity contribution in [2.45, 2.75) is 58.0 Å². The second-order valence-corrected chi connectivity index (χ2v) is 10.3. The molecule has 0 radical (unpaired) electrons. The summed E-state index contributed by atoms with van der Waals surface area (Å²) in [5.41, 5.74) is 3.46. The number of rotatable bonds is 5. The fourth-order valence-corrected chi connectivity index (χ4v) is 6.80. The SMILES string of the molecule is CCNC(=O)COc1ccc2c(c1)CCC1C2CC[C@]2(C)C(c3cncc(C(F)(F)F)c3)=CCC12. The van der Waals surface area contributed by atoms with E-state index in [0.717, 1.165) is 49.6 Å². The van der Waals surface area contributed by atoms with Crippen molar-refractivity contribution in [3.63, 3.8) is 0 Å². The van der Waals surface area contributed by atoms with Crippen LogP contribution in [0.4, 0.5) is 13.2 Å². The number of carbonyl (C=O) groups excluding carboxylic acids is 1. The lowest BCUT2D eigenvalue weighted by atomic mass is 9.54. The van der Waals surface area contributed by atoms with E-state index in [4.69, 9.17) is 4.74 Å². The van der Waals surface area contributed by atoms with Crippen LogP contribution >= 0.6 is 0 Å². The topological polar surface area (TPSA) is 51.2 Å². The summed E-state index contributed by atoms with van der Waals surface area (Å²) in [6.45, 7) is 4.71. The third kappa shape index (κ3) is 4.34. The molecule has 3 aliphatic carbocycles. The lowest BCUT2D eigenvalue weighted by Crippen LogP contribution is -2.40. The van der Waals surface area contributed by atoms with E-state index in [-0.39, 0.29) is 17.9 Å². The van der Waals surface area contributed by atoms with Crippen molar-refractivity contribution in [1.29, 1.82) is 0 Å². The summed E-state index contributed by atoms with van der Waals surface area (Å²) in [4.78, 5) is 15.6. The van der Waals surface area contributed by atoms with Crippen LogP contribution in [0.5, 0.6) is 5.75 Å². The minimum Gasteiger partial charge on any atom is -0.484 e. The Balaban J connectivity index is 1.34. The van der Waals surface area contributed by atoms with Crippen molar-refractivity contribution in [1.82, 2.24) is 10.3 Å². The van der Waals surface area contributed by atoms with Gasteiger partial charge >= 0.3 is 6.18 Å². The zero-order valence-corrected chi connectivity index (χ0v) is 20.1. The number of nitrogens with zero attached hydrogens (tertiary/aromatic N) is 1. The molecule has 1 heterocycles. The van der Waals surface area contributed by atoms with E-state index in [1.807, 2.05) is 13.0 Å². The fraction of sp³-hybridized carbons (Fsp3) is 0.500. The molecule has 35 heavy (non-hydrogen) atoms. The van der Waals surface area contributed by atoms with Crippen LogP contribution in [0.3, 0.4) is 0 Å². The Morgan fingerprint density at radius 2 is 2.06 bits per heavy atom. The summed E-state index contributed by atoms with van der Waals surface area (Å²) in [6.07, 6.45) is 5.10. The van der Waals surface area contributed by atoms with Gasteiger partial charge in [-0.15, -0.1) is 0 Å². The van der Waals surface area contributed by atoms with Gasteiger partial charge in [-0.3, -0.25) is 9.78 Å². The highest BCUT2D eigenvalue weighted by molar-refractivity contribution is 5.77. The number of pyridine rings is 1. The van der Waals surface area contributed by atoms with Gasteiger partial charge in [0.1, 0.15) is 5.75 Å². The molecule has 2 aromatic rings. The number of carbonyl (C=O) groups is 1. The van der Waals surface area contributed by atoms with Gasteiger partial charge in [-0.2, -0.15) is 13.2 Å². The Bertz CT molecular complexity index is 1160. The van der Waals surface area contributed by atoms with Crippen LogP contribution in [0.15, 0.2) is 42.7 Å². The van der Waals surface area contributed by atoms with Gasteiger partial charge in [0.2, 0.25) is 0 Å². The molecule has 1 fully saturated rings. The van der Waals surface area contributed by atoms with E-state index in [9.17, 15) is 18.0 Å². The maximum Gasteiger partial charge on any atom is 0.417 e. The predicted octanol–water partition coefficient (Wildman–Crippen LogP) is 6.16. The smallest absolute Gasteiger partial charge is 0.417 e. The molecule has 0 bridgehead atoms. The first-order chi connectivity index (χ1) is 16.7. The third-order valence-electron chi connectivity index (χ3n) is 8.40. The molecule has 4 nitrogen and oxygen atoms in total. The number of fused-ring (bicyclic) bond motifs is 5. The standard InChI is InChI=1S/C28H31F3N2O2/c1-3-33-26(34)16-35-20-5-7-21-17(13-20)4-6-23-22(21)10-11-27(2)24(8-9-25(23)27)18-12-19(15-32-14-18)28(29,30)31/h5,7-8,12-15,22-23,25H,3-4,6,9-11,16H2,1-2H3,(H,33,34)/t22?,23?,25?,27-/m1/s1. The quantitative estimate of drug-likeness (QED) is 0.553. The number of allylic oxidation sites excluding steroid dienone is 2. The molecule has 1 amide bonds. The third-order valence-corrected chi connectivity index (χ3v) is 8.40. The first-order valence-corrected chi connectivity index (χ1v) is 12.5. The second kappa shape index (κ2) is 8.99. The van der Waals surface area contributed by atoms with E-state index in [2.05, 4.69) is 35.4 Å². The normalized spacial score (nSPS) is 27.3. The van der Waals surface area contributed by atoms with Crippen LogP contribution < -0.4 is 10.1 Å². The summed E-state index contributed by atoms with van der Waals surface area (Å²) >= 11 is 0. The first kappa shape index (κ1) is 23.9. The van der Waals surface area contributed by atoms with Crippen LogP contribution in [0.1, 0.15) is 67.7 Å². The molecule has 0 saturated heterocycles. The van der Waals surface area contributed by atoms with Crippen LogP contribution in [-0.2, 0) is 17.4 Å². The second-order valence-electron chi connectivity index (χ2n) is 10.3. The van der Waals surface area contributed by atoms with E-state index in [1.165, 1.54) is 17.2 Å². The van der Waals surface area contributed by atoms with Crippen molar-refractivity contribution in [3.8, 4) is 5.75 Å². The number of aromatic nitrogens is 1. The van der Waals surface area contributed by atoms with Gasteiger partial charge in [-0.1, -0.05) is 19.1 Å². The number of benzene rings is 1. The lowest BCUT2D eigenvalue weighted by molar-refractivity contribution is -0.137. The van der Waals surface area contributed by atoms with Gasteiger partial charge in [-0.05, 0) is 103 Å². The van der Waals surface area contributed by atoms with Gasteiger partial charge in [-0.25, -0.2) is 0 Å². The highest BCUT2D eigenvalue weighted by Gasteiger charge is 2.52. The maximum atomic E-state index is 13.3. The molecular weight excluding hydrogens is 453 g/mol. The molecule has 1 aromatic heterocycles. The molecule has 5 rings (SSSR count). The molecule has 3 aliphatic rings. The van der Waals surface area contributed by atoms with Crippen LogP contribution in [0.25, 0.3) is 5.57 Å². The number of nitrogens with one attached hydrogen (secondary N) is 1. The van der Waals surface area contributed by atoms with Crippen molar-refractivity contribution in [2.75, 3.05) is 13.2 Å². The molecule has 186 valence electrons. The van der Waals surface area contributed by atoms with E-state index < -0.39 is 11.7 Å². The fourth-order valence-electron chi connectivity index (χ4n) is 6.80. The minimum absolute atomic E-state index is 0.0119. The minimum atomic E-state index is -4.39. The number of ether oxygens (including phenoxy) is 1. The van der Waals surface area contributed by atoms with Gasteiger partial charge in [0.25, 0.3) is 5.91 Å². The molecule has 0 aliphatic heterocycles. The summed E-state index contributed by atoms with van der Waals surface area (Å²) < 4.78 is 45.6. The molecule has 0 spiro atoms. The molecule has 1 aromatic carbocycles. The van der Waals surface area contributed by atoms with Gasteiger partial charge in [0, 0.05) is 18.9 Å². The number of amides is 1. The zero-order chi connectivity index (χ0) is 24.8. The molecule has 3 unspecified atom stereocenters. The van der Waals surface area contributed by atoms with Crippen LogP contribution in [-0.4, -0.2) is 24.0 Å². The maximum absolute atomic E-state index is 13.3. The molecule has 4 atom stereocenters. The Hall–Kier alpha value is -2.83. The molecular formula is C28H31F3N2O2. The predicted molar refractivity (Wildman–Crippen MR) is 128 cm³/mol. The number of halogens is 3. The Labute approximate surface area is 204 Å². The highest BCUT2D eigenvalue weighted by Crippen LogP contribution is 2.63. The van der Waals surface area contributed by atoms with E-state index in [1.54, 1.807) is 6.20 Å². The number of aryl methyl sites for hydroxylation is 1. The van der Waals surface area contributed by atoms with Crippen LogP contribution in [0.2, 0.25) is 0 Å². The highest BCUT2D eigenvalue weighted by atomic mass is 19.4. The van der Waals surface area contributed by atoms with Crippen molar-refractivity contribution in [3.05, 3.63) is 65.0 Å². The largest absolute Gasteiger partial charge is 0.484 e. The average molecular weight is 485 g/mol. The Kier molecular flexibility index (Phi) is 6.14. The summed E-state index contributed by atoms with van der Waals surface area (Å²) in [5, 5.41) is 2.74. The summed E-state index contributed by atoms with van der Waals surface area (Å²) in [6, 6.07) is 7.45. The van der Waals surface area contributed by atoms with Gasteiger partial charge in [0.05, 0.1) is 5.56 Å². The number of alkyl halides is 3. The number of hydrogen-bond donors (Lipinski definition) is 1. The lowest BCUT2D eigenvalue weighted by Gasteiger charge is -2.50. The van der Waals surface area contributed by atoms with Gasteiger partial charge < -0.3 is 10.1 Å². The Morgan fingerprint density at radius 1 is 1.23 bits per heavy atom. The Morgan fingerprint density at radius 3 is 2.83 bits per heavy atom. The van der Waals surface area contributed by atoms with Crippen molar-refractivity contribution < 1.29 is 22.7 Å². The van der Waals surface area contributed by atoms with E-state index >= 15 is 0 Å². The molecule has 1 saturated carbocycles.